The van der Waals surface area contributed by atoms with Crippen LogP contribution in [0.15, 0.2) is 18.2 Å². The third-order valence-corrected chi connectivity index (χ3v) is 3.54. The summed E-state index contributed by atoms with van der Waals surface area (Å²) in [5, 5.41) is 9.29. The number of aromatic carboxylic acids is 1. The lowest BCUT2D eigenvalue weighted by Gasteiger charge is -2.11. The predicted molar refractivity (Wildman–Crippen MR) is 80.3 cm³/mol. The second-order valence-electron chi connectivity index (χ2n) is 5.46. The van der Waals surface area contributed by atoms with Gasteiger partial charge in [-0.05, 0) is 18.6 Å². The van der Waals surface area contributed by atoms with Gasteiger partial charge >= 0.3 is 5.97 Å². The molecule has 1 aromatic heterocycles. The predicted octanol–water partition coefficient (Wildman–Crippen LogP) is 4.05. The van der Waals surface area contributed by atoms with Crippen LogP contribution in [0.2, 0.25) is 0 Å². The standard InChI is InChI=1S/C16H22N2O2/c1-4-5-6-10-18-13-9-7-8-12(16(19)20)14(13)17-15(18)11(2)3/h7-9,11H,4-6,10H2,1-3H3,(H,19,20). The minimum absolute atomic E-state index is 0.283. The van der Waals surface area contributed by atoms with Gasteiger partial charge in [-0.3, -0.25) is 0 Å². The van der Waals surface area contributed by atoms with Crippen molar-refractivity contribution in [3.63, 3.8) is 0 Å². The summed E-state index contributed by atoms with van der Waals surface area (Å²) in [7, 11) is 0. The fraction of sp³-hybridized carbons (Fsp3) is 0.500. The molecule has 108 valence electrons. The van der Waals surface area contributed by atoms with Crippen molar-refractivity contribution in [2.45, 2.75) is 52.5 Å². The van der Waals surface area contributed by atoms with E-state index in [2.05, 4.69) is 30.3 Å². The Morgan fingerprint density at radius 1 is 1.35 bits per heavy atom. The van der Waals surface area contributed by atoms with Gasteiger partial charge in [-0.15, -0.1) is 0 Å². The molecule has 0 aliphatic carbocycles. The summed E-state index contributed by atoms with van der Waals surface area (Å²) in [5.41, 5.74) is 1.84. The van der Waals surface area contributed by atoms with Gasteiger partial charge in [0.1, 0.15) is 11.3 Å². The van der Waals surface area contributed by atoms with Crippen molar-refractivity contribution in [1.82, 2.24) is 9.55 Å². The first kappa shape index (κ1) is 14.6. The molecular formula is C16H22N2O2. The minimum Gasteiger partial charge on any atom is -0.478 e. The second kappa shape index (κ2) is 6.07. The van der Waals surface area contributed by atoms with Gasteiger partial charge in [-0.25, -0.2) is 9.78 Å². The van der Waals surface area contributed by atoms with E-state index in [1.807, 2.05) is 6.07 Å². The smallest absolute Gasteiger partial charge is 0.337 e. The zero-order chi connectivity index (χ0) is 14.7. The van der Waals surface area contributed by atoms with Crippen LogP contribution >= 0.6 is 0 Å². The van der Waals surface area contributed by atoms with E-state index in [4.69, 9.17) is 0 Å². The van der Waals surface area contributed by atoms with Crippen LogP contribution in [0.1, 0.15) is 62.1 Å². The van der Waals surface area contributed by atoms with Crippen LogP contribution in [0.25, 0.3) is 11.0 Å². The van der Waals surface area contributed by atoms with Crippen molar-refractivity contribution < 1.29 is 9.90 Å². The van der Waals surface area contributed by atoms with E-state index in [0.717, 1.165) is 24.3 Å². The van der Waals surface area contributed by atoms with E-state index in [9.17, 15) is 9.90 Å². The first-order valence-electron chi connectivity index (χ1n) is 7.28. The van der Waals surface area contributed by atoms with Crippen LogP contribution < -0.4 is 0 Å². The Morgan fingerprint density at radius 3 is 2.70 bits per heavy atom. The minimum atomic E-state index is -0.913. The Hall–Kier alpha value is -1.84. The largest absolute Gasteiger partial charge is 0.478 e. The van der Waals surface area contributed by atoms with E-state index in [1.54, 1.807) is 12.1 Å². The first-order valence-corrected chi connectivity index (χ1v) is 7.28. The number of carboxylic acid groups (broad SMARTS) is 1. The fourth-order valence-corrected chi connectivity index (χ4v) is 2.53. The number of benzene rings is 1. The molecule has 1 heterocycles. The van der Waals surface area contributed by atoms with Crippen molar-refractivity contribution in [1.29, 1.82) is 0 Å². The number of carboxylic acids is 1. The zero-order valence-corrected chi connectivity index (χ0v) is 12.4. The molecule has 4 nitrogen and oxygen atoms in total. The van der Waals surface area contributed by atoms with Crippen LogP contribution in [0, 0.1) is 0 Å². The molecule has 0 amide bonds. The monoisotopic (exact) mass is 274 g/mol. The number of para-hydroxylation sites is 1. The third-order valence-electron chi connectivity index (χ3n) is 3.54. The van der Waals surface area contributed by atoms with Crippen molar-refractivity contribution in [2.75, 3.05) is 0 Å². The average molecular weight is 274 g/mol. The van der Waals surface area contributed by atoms with Gasteiger partial charge < -0.3 is 9.67 Å². The molecule has 0 saturated carbocycles. The van der Waals surface area contributed by atoms with Gasteiger partial charge in [0.05, 0.1) is 11.1 Å². The van der Waals surface area contributed by atoms with Crippen LogP contribution in [0.4, 0.5) is 0 Å². The maximum atomic E-state index is 11.3. The summed E-state index contributed by atoms with van der Waals surface area (Å²) in [6.45, 7) is 7.27. The third kappa shape index (κ3) is 2.69. The Labute approximate surface area is 119 Å². The molecule has 0 saturated heterocycles. The molecule has 0 radical (unpaired) electrons. The summed E-state index contributed by atoms with van der Waals surface area (Å²) in [6, 6.07) is 5.39. The number of fused-ring (bicyclic) bond motifs is 1. The molecular weight excluding hydrogens is 252 g/mol. The summed E-state index contributed by atoms with van der Waals surface area (Å²) in [4.78, 5) is 15.9. The summed E-state index contributed by atoms with van der Waals surface area (Å²) in [5.74, 6) is 0.347. The lowest BCUT2D eigenvalue weighted by molar-refractivity contribution is 0.0699. The number of aromatic nitrogens is 2. The highest BCUT2D eigenvalue weighted by Gasteiger charge is 2.18. The first-order chi connectivity index (χ1) is 9.56. The fourth-order valence-electron chi connectivity index (χ4n) is 2.53. The normalized spacial score (nSPS) is 11.4. The molecule has 4 heteroatoms. The Kier molecular flexibility index (Phi) is 4.42. The van der Waals surface area contributed by atoms with Crippen molar-refractivity contribution in [2.24, 2.45) is 0 Å². The number of hydrogen-bond donors (Lipinski definition) is 1. The molecule has 0 aliphatic heterocycles. The molecule has 0 atom stereocenters. The molecule has 1 N–H and O–H groups in total. The average Bonchev–Trinajstić information content (AvgIpc) is 2.78. The van der Waals surface area contributed by atoms with Gasteiger partial charge in [0, 0.05) is 12.5 Å². The van der Waals surface area contributed by atoms with Crippen molar-refractivity contribution >= 4 is 17.0 Å². The molecule has 0 fully saturated rings. The lowest BCUT2D eigenvalue weighted by Crippen LogP contribution is -2.05. The molecule has 2 aromatic rings. The molecule has 1 aromatic carbocycles. The maximum Gasteiger partial charge on any atom is 0.337 e. The number of nitrogens with zero attached hydrogens (tertiary/aromatic N) is 2. The Bertz CT molecular complexity index is 614. The summed E-state index contributed by atoms with van der Waals surface area (Å²) in [6.07, 6.45) is 3.44. The zero-order valence-electron chi connectivity index (χ0n) is 12.4. The van der Waals surface area contributed by atoms with Crippen LogP contribution in [-0.4, -0.2) is 20.6 Å². The molecule has 0 aliphatic rings. The second-order valence-corrected chi connectivity index (χ2v) is 5.46. The number of carbonyl (C=O) groups is 1. The van der Waals surface area contributed by atoms with Gasteiger partial charge in [0.15, 0.2) is 0 Å². The summed E-state index contributed by atoms with van der Waals surface area (Å²) < 4.78 is 2.18. The van der Waals surface area contributed by atoms with Crippen molar-refractivity contribution in [3.05, 3.63) is 29.6 Å². The van der Waals surface area contributed by atoms with Gasteiger partial charge in [0.25, 0.3) is 0 Å². The highest BCUT2D eigenvalue weighted by Crippen LogP contribution is 2.25. The lowest BCUT2D eigenvalue weighted by atomic mass is 10.2. The van der Waals surface area contributed by atoms with Crippen LogP contribution in [0.5, 0.6) is 0 Å². The quantitative estimate of drug-likeness (QED) is 0.808. The highest BCUT2D eigenvalue weighted by atomic mass is 16.4. The molecule has 0 bridgehead atoms. The van der Waals surface area contributed by atoms with E-state index in [0.29, 0.717) is 11.1 Å². The van der Waals surface area contributed by atoms with Crippen LogP contribution in [0.3, 0.4) is 0 Å². The van der Waals surface area contributed by atoms with E-state index in [-0.39, 0.29) is 5.92 Å². The molecule has 0 unspecified atom stereocenters. The SMILES string of the molecule is CCCCCn1c(C(C)C)nc2c(C(=O)O)cccc21. The van der Waals surface area contributed by atoms with Gasteiger partial charge in [-0.2, -0.15) is 0 Å². The van der Waals surface area contributed by atoms with E-state index < -0.39 is 5.97 Å². The molecule has 20 heavy (non-hydrogen) atoms. The number of unbranched alkanes of at least 4 members (excludes halogenated alkanes) is 2. The highest BCUT2D eigenvalue weighted by molar-refractivity contribution is 6.01. The van der Waals surface area contributed by atoms with Crippen LogP contribution in [-0.2, 0) is 6.54 Å². The Morgan fingerprint density at radius 2 is 2.10 bits per heavy atom. The maximum absolute atomic E-state index is 11.3. The Balaban J connectivity index is 2.55. The van der Waals surface area contributed by atoms with E-state index >= 15 is 0 Å². The number of imidazole rings is 1. The number of hydrogen-bond acceptors (Lipinski definition) is 2. The number of aryl methyl sites for hydroxylation is 1. The van der Waals surface area contributed by atoms with E-state index in [1.165, 1.54) is 12.8 Å². The topological polar surface area (TPSA) is 55.1 Å². The summed E-state index contributed by atoms with van der Waals surface area (Å²) >= 11 is 0. The number of rotatable bonds is 6. The van der Waals surface area contributed by atoms with Crippen molar-refractivity contribution in [3.8, 4) is 0 Å². The molecule has 0 spiro atoms. The molecule has 2 rings (SSSR count). The van der Waals surface area contributed by atoms with Gasteiger partial charge in [-0.1, -0.05) is 39.7 Å². The van der Waals surface area contributed by atoms with Gasteiger partial charge in [0.2, 0.25) is 0 Å².